The lowest BCUT2D eigenvalue weighted by molar-refractivity contribution is -0.113. The quantitative estimate of drug-likeness (QED) is 0.642. The highest BCUT2D eigenvalue weighted by Crippen LogP contribution is 2.28. The van der Waals surface area contributed by atoms with Crippen LogP contribution < -0.4 is 10.2 Å². The van der Waals surface area contributed by atoms with E-state index in [2.05, 4.69) is 25.4 Å². The molecule has 0 bridgehead atoms. The van der Waals surface area contributed by atoms with Gasteiger partial charge in [-0.15, -0.1) is 5.10 Å². The number of aryl methyl sites for hydroxylation is 1. The number of nitrogens with zero attached hydrogens (tertiary/aromatic N) is 3. The maximum Gasteiger partial charge on any atom is 0.234 e. The molecular formula is C21H29N5O2S. The molecule has 1 saturated heterocycles. The number of rotatable bonds is 8. The number of benzene rings is 1. The number of H-pyrrole nitrogens is 1. The molecule has 2 aliphatic rings. The van der Waals surface area contributed by atoms with Crippen molar-refractivity contribution in [2.75, 3.05) is 42.3 Å². The van der Waals surface area contributed by atoms with E-state index in [1.54, 1.807) is 0 Å². The van der Waals surface area contributed by atoms with Gasteiger partial charge < -0.3 is 15.0 Å². The number of aromatic nitrogens is 3. The summed E-state index contributed by atoms with van der Waals surface area (Å²) >= 11 is 1.36. The molecule has 1 aromatic carbocycles. The first-order valence-electron chi connectivity index (χ1n) is 10.5. The Morgan fingerprint density at radius 1 is 1.21 bits per heavy atom. The third kappa shape index (κ3) is 5.96. The van der Waals surface area contributed by atoms with Gasteiger partial charge in [0, 0.05) is 30.9 Å². The second-order valence-electron chi connectivity index (χ2n) is 7.74. The molecule has 2 fully saturated rings. The fraction of sp³-hybridized carbons (Fsp3) is 0.571. The minimum atomic E-state index is -0.0496. The summed E-state index contributed by atoms with van der Waals surface area (Å²) in [6.07, 6.45) is 7.56. The van der Waals surface area contributed by atoms with Crippen molar-refractivity contribution in [2.24, 2.45) is 5.92 Å². The fourth-order valence-corrected chi connectivity index (χ4v) is 4.62. The summed E-state index contributed by atoms with van der Waals surface area (Å²) in [7, 11) is 0. The van der Waals surface area contributed by atoms with Crippen LogP contribution in [-0.4, -0.2) is 53.1 Å². The summed E-state index contributed by atoms with van der Waals surface area (Å²) in [5, 5.41) is 10.8. The van der Waals surface area contributed by atoms with E-state index in [9.17, 15) is 4.79 Å². The van der Waals surface area contributed by atoms with E-state index in [4.69, 9.17) is 4.74 Å². The van der Waals surface area contributed by atoms with Gasteiger partial charge >= 0.3 is 0 Å². The average Bonchev–Trinajstić information content (AvgIpc) is 3.44. The zero-order valence-corrected chi connectivity index (χ0v) is 17.5. The number of carbonyl (C=O) groups excluding carboxylic acids is 1. The van der Waals surface area contributed by atoms with Crippen LogP contribution in [-0.2, 0) is 16.0 Å². The Balaban J connectivity index is 1.19. The van der Waals surface area contributed by atoms with Crippen LogP contribution in [0.25, 0.3) is 0 Å². The molecule has 0 spiro atoms. The number of hydrogen-bond acceptors (Lipinski definition) is 6. The normalized spacial score (nSPS) is 17.6. The standard InChI is InChI=1S/C21H29N5O2S/c27-20(22-17-6-8-18(9-7-17)26-11-13-28-14-12-26)15-29-21-23-19(24-25-21)10-5-16-3-1-2-4-16/h6-9,16H,1-5,10-15H2,(H,22,27)(H,23,24,25). The maximum absolute atomic E-state index is 12.3. The van der Waals surface area contributed by atoms with Crippen LogP contribution >= 0.6 is 11.8 Å². The summed E-state index contributed by atoms with van der Waals surface area (Å²) < 4.78 is 5.39. The number of ether oxygens (including phenoxy) is 1. The first-order chi connectivity index (χ1) is 14.3. The van der Waals surface area contributed by atoms with Gasteiger partial charge in [-0.25, -0.2) is 4.98 Å². The predicted molar refractivity (Wildman–Crippen MR) is 115 cm³/mol. The average molecular weight is 416 g/mol. The largest absolute Gasteiger partial charge is 0.378 e. The van der Waals surface area contributed by atoms with E-state index in [1.165, 1.54) is 43.9 Å². The van der Waals surface area contributed by atoms with Crippen LogP contribution in [0.1, 0.15) is 37.9 Å². The summed E-state index contributed by atoms with van der Waals surface area (Å²) in [4.78, 5) is 19.1. The van der Waals surface area contributed by atoms with Crippen LogP contribution in [0.15, 0.2) is 29.4 Å². The number of hydrogen-bond donors (Lipinski definition) is 2. The van der Waals surface area contributed by atoms with Gasteiger partial charge in [-0.05, 0) is 36.6 Å². The lowest BCUT2D eigenvalue weighted by Crippen LogP contribution is -2.36. The number of anilines is 2. The van der Waals surface area contributed by atoms with E-state index in [-0.39, 0.29) is 5.91 Å². The SMILES string of the molecule is O=C(CSc1n[nH]c(CCC2CCCC2)n1)Nc1ccc(N2CCOCC2)cc1. The van der Waals surface area contributed by atoms with Crippen molar-refractivity contribution in [3.05, 3.63) is 30.1 Å². The lowest BCUT2D eigenvalue weighted by Gasteiger charge is -2.28. The van der Waals surface area contributed by atoms with Crippen LogP contribution in [0, 0.1) is 5.92 Å². The first-order valence-corrected chi connectivity index (χ1v) is 11.5. The van der Waals surface area contributed by atoms with Crippen molar-refractivity contribution in [3.63, 3.8) is 0 Å². The highest BCUT2D eigenvalue weighted by atomic mass is 32.2. The molecule has 0 atom stereocenters. The molecule has 8 heteroatoms. The Morgan fingerprint density at radius 3 is 2.72 bits per heavy atom. The Labute approximate surface area is 176 Å². The lowest BCUT2D eigenvalue weighted by atomic mass is 10.0. The minimum absolute atomic E-state index is 0.0496. The molecular weight excluding hydrogens is 386 g/mol. The number of nitrogens with one attached hydrogen (secondary N) is 2. The zero-order chi connectivity index (χ0) is 19.9. The molecule has 29 heavy (non-hydrogen) atoms. The fourth-order valence-electron chi connectivity index (χ4n) is 4.00. The molecule has 1 saturated carbocycles. The van der Waals surface area contributed by atoms with Crippen LogP contribution in [0.3, 0.4) is 0 Å². The van der Waals surface area contributed by atoms with E-state index in [1.807, 2.05) is 24.3 Å². The number of carbonyl (C=O) groups is 1. The zero-order valence-electron chi connectivity index (χ0n) is 16.7. The number of thioether (sulfide) groups is 1. The predicted octanol–water partition coefficient (Wildman–Crippen LogP) is 3.49. The van der Waals surface area contributed by atoms with Crippen molar-refractivity contribution in [2.45, 2.75) is 43.7 Å². The molecule has 156 valence electrons. The number of amides is 1. The van der Waals surface area contributed by atoms with Crippen molar-refractivity contribution in [3.8, 4) is 0 Å². The summed E-state index contributed by atoms with van der Waals surface area (Å²) in [6, 6.07) is 7.97. The monoisotopic (exact) mass is 415 g/mol. The van der Waals surface area contributed by atoms with Gasteiger partial charge in [0.25, 0.3) is 0 Å². The third-order valence-electron chi connectivity index (χ3n) is 5.63. The molecule has 2 aromatic rings. The second kappa shape index (κ2) is 10.1. The molecule has 7 nitrogen and oxygen atoms in total. The molecule has 1 amide bonds. The van der Waals surface area contributed by atoms with Gasteiger partial charge in [0.2, 0.25) is 11.1 Å². The highest BCUT2D eigenvalue weighted by Gasteiger charge is 2.16. The van der Waals surface area contributed by atoms with Gasteiger partial charge in [0.15, 0.2) is 0 Å². The molecule has 1 aliphatic carbocycles. The van der Waals surface area contributed by atoms with Gasteiger partial charge in [-0.1, -0.05) is 37.4 Å². The number of morpholine rings is 1. The van der Waals surface area contributed by atoms with E-state index >= 15 is 0 Å². The van der Waals surface area contributed by atoms with Gasteiger partial charge in [-0.2, -0.15) is 0 Å². The van der Waals surface area contributed by atoms with Crippen molar-refractivity contribution in [1.29, 1.82) is 0 Å². The van der Waals surface area contributed by atoms with Gasteiger partial charge in [0.05, 0.1) is 19.0 Å². The Morgan fingerprint density at radius 2 is 1.97 bits per heavy atom. The van der Waals surface area contributed by atoms with Crippen LogP contribution in [0.2, 0.25) is 0 Å². The molecule has 1 aromatic heterocycles. The summed E-state index contributed by atoms with van der Waals surface area (Å²) in [5.41, 5.74) is 1.96. The van der Waals surface area contributed by atoms with Crippen LogP contribution in [0.4, 0.5) is 11.4 Å². The van der Waals surface area contributed by atoms with E-state index < -0.39 is 0 Å². The summed E-state index contributed by atoms with van der Waals surface area (Å²) in [5.74, 6) is 2.02. The second-order valence-corrected chi connectivity index (χ2v) is 8.68. The van der Waals surface area contributed by atoms with E-state index in [0.29, 0.717) is 10.9 Å². The van der Waals surface area contributed by atoms with Gasteiger partial charge in [-0.3, -0.25) is 9.89 Å². The topological polar surface area (TPSA) is 83.1 Å². The Kier molecular flexibility index (Phi) is 7.05. The van der Waals surface area contributed by atoms with E-state index in [0.717, 1.165) is 55.8 Å². The molecule has 0 radical (unpaired) electrons. The Bertz CT molecular complexity index is 783. The molecule has 2 N–H and O–H groups in total. The van der Waals surface area contributed by atoms with Crippen molar-refractivity contribution < 1.29 is 9.53 Å². The third-order valence-corrected chi connectivity index (χ3v) is 6.48. The molecule has 2 heterocycles. The molecule has 4 rings (SSSR count). The molecule has 0 unspecified atom stereocenters. The minimum Gasteiger partial charge on any atom is -0.378 e. The van der Waals surface area contributed by atoms with Gasteiger partial charge in [0.1, 0.15) is 5.82 Å². The smallest absolute Gasteiger partial charge is 0.234 e. The number of aromatic amines is 1. The maximum atomic E-state index is 12.3. The molecule has 1 aliphatic heterocycles. The van der Waals surface area contributed by atoms with Crippen molar-refractivity contribution in [1.82, 2.24) is 15.2 Å². The Hall–Kier alpha value is -2.06. The highest BCUT2D eigenvalue weighted by molar-refractivity contribution is 7.99. The van der Waals surface area contributed by atoms with Crippen LogP contribution in [0.5, 0.6) is 0 Å². The first kappa shape index (κ1) is 20.2. The summed E-state index contributed by atoms with van der Waals surface area (Å²) in [6.45, 7) is 3.34. The van der Waals surface area contributed by atoms with Crippen molar-refractivity contribution >= 4 is 29.0 Å².